The lowest BCUT2D eigenvalue weighted by Gasteiger charge is -2.18. The fourth-order valence-electron chi connectivity index (χ4n) is 1.75. The lowest BCUT2D eigenvalue weighted by molar-refractivity contribution is -0.147. The molecule has 0 aromatic carbocycles. The number of hydrogen-bond donors (Lipinski definition) is 1. The lowest BCUT2D eigenvalue weighted by Crippen LogP contribution is -2.43. The van der Waals surface area contributed by atoms with Gasteiger partial charge < -0.3 is 10.1 Å². The van der Waals surface area contributed by atoms with Gasteiger partial charge >= 0.3 is 5.97 Å². The number of ether oxygens (including phenoxy) is 1. The lowest BCUT2D eigenvalue weighted by atomic mass is 10.0. The molecule has 1 aromatic heterocycles. The van der Waals surface area contributed by atoms with Gasteiger partial charge in [0.15, 0.2) is 0 Å². The Kier molecular flexibility index (Phi) is 6.56. The van der Waals surface area contributed by atoms with Crippen LogP contribution in [-0.2, 0) is 20.7 Å². The number of hydrogen-bond acceptors (Lipinski definition) is 4. The highest BCUT2D eigenvalue weighted by Crippen LogP contribution is 2.09. The average Bonchev–Trinajstić information content (AvgIpc) is 2.80. The molecule has 19 heavy (non-hydrogen) atoms. The van der Waals surface area contributed by atoms with Crippen LogP contribution in [0.15, 0.2) is 16.8 Å². The second kappa shape index (κ2) is 7.94. The molecule has 0 aliphatic heterocycles. The van der Waals surface area contributed by atoms with Crippen LogP contribution >= 0.6 is 11.3 Å². The molecule has 4 nitrogen and oxygen atoms in total. The normalized spacial score (nSPS) is 12.2. The van der Waals surface area contributed by atoms with Crippen molar-refractivity contribution >= 4 is 23.2 Å². The van der Waals surface area contributed by atoms with Gasteiger partial charge in [0.05, 0.1) is 13.0 Å². The maximum Gasteiger partial charge on any atom is 0.328 e. The van der Waals surface area contributed by atoms with Crippen LogP contribution in [-0.4, -0.2) is 24.5 Å². The van der Waals surface area contributed by atoms with Gasteiger partial charge in [-0.2, -0.15) is 11.3 Å². The number of nitrogens with one attached hydrogen (secondary N) is 1. The van der Waals surface area contributed by atoms with Crippen molar-refractivity contribution in [3.63, 3.8) is 0 Å². The third-order valence-corrected chi connectivity index (χ3v) is 3.29. The van der Waals surface area contributed by atoms with E-state index < -0.39 is 6.04 Å². The van der Waals surface area contributed by atoms with Gasteiger partial charge in [-0.15, -0.1) is 0 Å². The van der Waals surface area contributed by atoms with Crippen molar-refractivity contribution in [3.05, 3.63) is 22.4 Å². The van der Waals surface area contributed by atoms with E-state index in [1.165, 1.54) is 0 Å². The van der Waals surface area contributed by atoms with Gasteiger partial charge in [0.2, 0.25) is 5.91 Å². The molecule has 0 saturated carbocycles. The number of rotatable bonds is 7. The van der Waals surface area contributed by atoms with Crippen molar-refractivity contribution in [3.8, 4) is 0 Å². The van der Waals surface area contributed by atoms with Gasteiger partial charge in [0.1, 0.15) is 6.04 Å². The second-order valence-corrected chi connectivity index (χ2v) is 5.59. The highest BCUT2D eigenvalue weighted by molar-refractivity contribution is 7.07. The van der Waals surface area contributed by atoms with Gasteiger partial charge in [0.25, 0.3) is 0 Å². The first kappa shape index (κ1) is 15.7. The molecular weight excluding hydrogens is 262 g/mol. The molecule has 1 N–H and O–H groups in total. The summed E-state index contributed by atoms with van der Waals surface area (Å²) in [5.41, 5.74) is 0.967. The Morgan fingerprint density at radius 2 is 2.16 bits per heavy atom. The molecule has 1 rings (SSSR count). The summed E-state index contributed by atoms with van der Waals surface area (Å²) >= 11 is 1.55. The zero-order valence-corrected chi connectivity index (χ0v) is 12.5. The molecule has 1 amide bonds. The van der Waals surface area contributed by atoms with E-state index in [1.807, 2.05) is 30.7 Å². The number of esters is 1. The third-order valence-electron chi connectivity index (χ3n) is 2.56. The summed E-state index contributed by atoms with van der Waals surface area (Å²) in [6.07, 6.45) is 0.895. The monoisotopic (exact) mass is 283 g/mol. The van der Waals surface area contributed by atoms with E-state index >= 15 is 0 Å². The van der Waals surface area contributed by atoms with Gasteiger partial charge in [-0.1, -0.05) is 13.8 Å². The second-order valence-electron chi connectivity index (χ2n) is 4.81. The first-order chi connectivity index (χ1) is 9.02. The zero-order valence-electron chi connectivity index (χ0n) is 11.6. The van der Waals surface area contributed by atoms with E-state index in [-0.39, 0.29) is 11.9 Å². The molecular formula is C14H21NO3S. The third kappa shape index (κ3) is 5.87. The fraction of sp³-hybridized carbons (Fsp3) is 0.571. The van der Waals surface area contributed by atoms with E-state index in [2.05, 4.69) is 5.32 Å². The maximum atomic E-state index is 11.9. The summed E-state index contributed by atoms with van der Waals surface area (Å²) in [7, 11) is 0. The molecule has 0 radical (unpaired) electrons. The number of amides is 1. The molecule has 0 spiro atoms. The van der Waals surface area contributed by atoms with E-state index in [1.54, 1.807) is 18.3 Å². The zero-order chi connectivity index (χ0) is 14.3. The van der Waals surface area contributed by atoms with E-state index in [9.17, 15) is 9.59 Å². The minimum atomic E-state index is -0.550. The van der Waals surface area contributed by atoms with Crippen molar-refractivity contribution in [2.45, 2.75) is 39.7 Å². The van der Waals surface area contributed by atoms with Crippen molar-refractivity contribution in [2.75, 3.05) is 6.61 Å². The van der Waals surface area contributed by atoms with Crippen LogP contribution in [0.5, 0.6) is 0 Å². The van der Waals surface area contributed by atoms with Crippen molar-refractivity contribution in [1.29, 1.82) is 0 Å². The molecule has 0 saturated heterocycles. The summed E-state index contributed by atoms with van der Waals surface area (Å²) in [4.78, 5) is 23.7. The summed E-state index contributed by atoms with van der Waals surface area (Å²) in [6, 6.07) is 1.36. The van der Waals surface area contributed by atoms with Gasteiger partial charge in [-0.25, -0.2) is 4.79 Å². The van der Waals surface area contributed by atoms with Crippen LogP contribution in [0.1, 0.15) is 32.8 Å². The molecule has 0 aliphatic carbocycles. The highest BCUT2D eigenvalue weighted by atomic mass is 32.1. The molecule has 1 aromatic rings. The topological polar surface area (TPSA) is 55.4 Å². The average molecular weight is 283 g/mol. The molecule has 0 unspecified atom stereocenters. The Morgan fingerprint density at radius 1 is 1.42 bits per heavy atom. The fourth-order valence-corrected chi connectivity index (χ4v) is 2.42. The number of carbonyl (C=O) groups excluding carboxylic acids is 2. The predicted molar refractivity (Wildman–Crippen MR) is 76.0 cm³/mol. The van der Waals surface area contributed by atoms with Crippen molar-refractivity contribution < 1.29 is 14.3 Å². The standard InChI is InChI=1S/C14H21NO3S/c1-4-18-14(17)12(7-10(2)3)15-13(16)8-11-5-6-19-9-11/h5-6,9-10,12H,4,7-8H2,1-3H3,(H,15,16)/t12-/m0/s1. The Hall–Kier alpha value is -1.36. The van der Waals surface area contributed by atoms with Crippen LogP contribution in [0.4, 0.5) is 0 Å². The first-order valence-electron chi connectivity index (χ1n) is 6.50. The Bertz CT molecular complexity index is 401. The summed E-state index contributed by atoms with van der Waals surface area (Å²) < 4.78 is 4.99. The molecule has 106 valence electrons. The Balaban J connectivity index is 2.55. The Morgan fingerprint density at radius 3 is 2.68 bits per heavy atom. The number of carbonyl (C=O) groups is 2. The van der Waals surface area contributed by atoms with Gasteiger partial charge in [-0.3, -0.25) is 4.79 Å². The summed E-state index contributed by atoms with van der Waals surface area (Å²) in [6.45, 7) is 6.11. The first-order valence-corrected chi connectivity index (χ1v) is 7.44. The molecule has 0 aliphatic rings. The van der Waals surface area contributed by atoms with Crippen LogP contribution in [0.2, 0.25) is 0 Å². The minimum Gasteiger partial charge on any atom is -0.464 e. The maximum absolute atomic E-state index is 11.9. The molecule has 1 heterocycles. The minimum absolute atomic E-state index is 0.142. The summed E-state index contributed by atoms with van der Waals surface area (Å²) in [5.74, 6) is -0.178. The predicted octanol–water partition coefficient (Wildman–Crippen LogP) is 2.38. The van der Waals surface area contributed by atoms with Crippen LogP contribution in [0.25, 0.3) is 0 Å². The quantitative estimate of drug-likeness (QED) is 0.782. The molecule has 0 bridgehead atoms. The molecule has 1 atom stereocenters. The van der Waals surface area contributed by atoms with E-state index in [4.69, 9.17) is 4.74 Å². The smallest absolute Gasteiger partial charge is 0.328 e. The van der Waals surface area contributed by atoms with Gasteiger partial charge in [0, 0.05) is 0 Å². The number of thiophene rings is 1. The largest absolute Gasteiger partial charge is 0.464 e. The van der Waals surface area contributed by atoms with Gasteiger partial charge in [-0.05, 0) is 41.7 Å². The van der Waals surface area contributed by atoms with Crippen molar-refractivity contribution in [2.24, 2.45) is 5.92 Å². The van der Waals surface area contributed by atoms with Crippen molar-refractivity contribution in [1.82, 2.24) is 5.32 Å². The SMILES string of the molecule is CCOC(=O)[C@H](CC(C)C)NC(=O)Cc1ccsc1. The van der Waals surface area contributed by atoms with Crippen LogP contribution < -0.4 is 5.32 Å². The van der Waals surface area contributed by atoms with E-state index in [0.29, 0.717) is 25.4 Å². The highest BCUT2D eigenvalue weighted by Gasteiger charge is 2.23. The van der Waals surface area contributed by atoms with Crippen LogP contribution in [0, 0.1) is 5.92 Å². The molecule has 5 heteroatoms. The Labute approximate surface area is 118 Å². The summed E-state index contributed by atoms with van der Waals surface area (Å²) in [5, 5.41) is 6.62. The van der Waals surface area contributed by atoms with Crippen LogP contribution in [0.3, 0.4) is 0 Å². The molecule has 0 fully saturated rings. The van der Waals surface area contributed by atoms with E-state index in [0.717, 1.165) is 5.56 Å².